The van der Waals surface area contributed by atoms with Crippen molar-refractivity contribution < 1.29 is 8.42 Å². The lowest BCUT2D eigenvalue weighted by molar-refractivity contribution is 0.600. The van der Waals surface area contributed by atoms with Crippen LogP contribution >= 0.6 is 0 Å². The van der Waals surface area contributed by atoms with E-state index in [1.165, 1.54) is 0 Å². The fourth-order valence-corrected chi connectivity index (χ4v) is 1.83. The second-order valence-corrected chi connectivity index (χ2v) is 4.12. The van der Waals surface area contributed by atoms with Crippen molar-refractivity contribution in [3.63, 3.8) is 0 Å². The average Bonchev–Trinajstić information content (AvgIpc) is 2.41. The highest BCUT2D eigenvalue weighted by atomic mass is 32.2. The van der Waals surface area contributed by atoms with E-state index >= 15 is 0 Å². The maximum absolute atomic E-state index is 11.0. The number of unbranched alkanes of at least 4 members (excludes halogenated alkanes) is 1. The first-order chi connectivity index (χ1) is 6.59. The van der Waals surface area contributed by atoms with E-state index in [4.69, 9.17) is 0 Å². The molecule has 80 valence electrons. The Labute approximate surface area is 83.7 Å². The third-order valence-electron chi connectivity index (χ3n) is 1.70. The number of hydrogen-bond acceptors (Lipinski definition) is 4. The van der Waals surface area contributed by atoms with Crippen LogP contribution < -0.4 is 10.6 Å². The van der Waals surface area contributed by atoms with Gasteiger partial charge in [0, 0.05) is 13.6 Å². The third kappa shape index (κ3) is 2.69. The van der Waals surface area contributed by atoms with Crippen molar-refractivity contribution in [2.45, 2.75) is 19.8 Å². The van der Waals surface area contributed by atoms with Crippen LogP contribution in [0.2, 0.25) is 0 Å². The van der Waals surface area contributed by atoms with Crippen LogP contribution in [0.25, 0.3) is 0 Å². The molecule has 0 radical (unpaired) electrons. The van der Waals surface area contributed by atoms with Gasteiger partial charge in [-0.25, -0.2) is 0 Å². The lowest BCUT2D eigenvalue weighted by Crippen LogP contribution is -2.37. The topological polar surface area (TPSA) is 82.9 Å². The normalized spacial score (nSPS) is 18.7. The van der Waals surface area contributed by atoms with Gasteiger partial charge in [-0.2, -0.15) is 8.42 Å². The van der Waals surface area contributed by atoms with Gasteiger partial charge in [-0.15, -0.1) is 8.80 Å². The highest BCUT2D eigenvalue weighted by molar-refractivity contribution is 7.89. The second-order valence-electron chi connectivity index (χ2n) is 2.86. The predicted molar refractivity (Wildman–Crippen MR) is 55.8 cm³/mol. The molecular formula is C7H14N4O2S. The van der Waals surface area contributed by atoms with Crippen molar-refractivity contribution in [2.24, 2.45) is 8.80 Å². The number of likely N-dealkylation sites (N-methyl/N-ethyl adjacent to an activating group) is 1. The molecule has 0 bridgehead atoms. The zero-order chi connectivity index (χ0) is 10.6. The molecular weight excluding hydrogens is 204 g/mol. The molecule has 1 aliphatic heterocycles. The predicted octanol–water partition coefficient (Wildman–Crippen LogP) is -0.349. The highest BCUT2D eigenvalue weighted by Gasteiger charge is 2.22. The van der Waals surface area contributed by atoms with Gasteiger partial charge in [0.1, 0.15) is 0 Å². The van der Waals surface area contributed by atoms with Gasteiger partial charge in [0.05, 0.1) is 0 Å². The Hall–Kier alpha value is -1.11. The molecule has 0 aromatic rings. The maximum atomic E-state index is 11.0. The van der Waals surface area contributed by atoms with Gasteiger partial charge in [0.25, 0.3) is 0 Å². The second kappa shape index (κ2) is 4.41. The van der Waals surface area contributed by atoms with E-state index in [-0.39, 0.29) is 5.84 Å². The van der Waals surface area contributed by atoms with E-state index in [1.807, 2.05) is 0 Å². The lowest BCUT2D eigenvalue weighted by atomic mass is 10.3. The van der Waals surface area contributed by atoms with Gasteiger partial charge < -0.3 is 10.6 Å². The zero-order valence-electron chi connectivity index (χ0n) is 8.24. The van der Waals surface area contributed by atoms with E-state index in [2.05, 4.69) is 26.4 Å². The molecule has 1 aliphatic rings. The molecule has 0 saturated heterocycles. The van der Waals surface area contributed by atoms with Crippen LogP contribution in [-0.2, 0) is 10.2 Å². The quantitative estimate of drug-likeness (QED) is 0.634. The monoisotopic (exact) mass is 218 g/mol. The van der Waals surface area contributed by atoms with Crippen molar-refractivity contribution >= 4 is 21.9 Å². The molecule has 0 unspecified atom stereocenters. The Bertz CT molecular complexity index is 358. The van der Waals surface area contributed by atoms with Crippen LogP contribution in [0.1, 0.15) is 19.8 Å². The molecule has 0 aliphatic carbocycles. The van der Waals surface area contributed by atoms with Gasteiger partial charge >= 0.3 is 10.2 Å². The molecule has 6 nitrogen and oxygen atoms in total. The standard InChI is InChI=1S/C7H14N4O2S/c1-3-4-5-9-7-6(8-2)10-14(12,13)11-7/h3-5H2,1-2H3,(H,8,10)(H,9,11). The van der Waals surface area contributed by atoms with E-state index in [0.717, 1.165) is 12.8 Å². The van der Waals surface area contributed by atoms with Crippen molar-refractivity contribution in [3.05, 3.63) is 0 Å². The molecule has 2 N–H and O–H groups in total. The van der Waals surface area contributed by atoms with E-state index in [9.17, 15) is 8.42 Å². The fourth-order valence-electron chi connectivity index (χ4n) is 1.00. The minimum atomic E-state index is -3.64. The molecule has 7 heteroatoms. The van der Waals surface area contributed by atoms with Gasteiger partial charge in [0.15, 0.2) is 11.7 Å². The minimum Gasteiger partial charge on any atom is -0.369 e. The molecule has 14 heavy (non-hydrogen) atoms. The Balaban J connectivity index is 2.65. The summed E-state index contributed by atoms with van der Waals surface area (Å²) in [5.41, 5.74) is 0. The average molecular weight is 218 g/mol. The summed E-state index contributed by atoms with van der Waals surface area (Å²) in [5.74, 6) is 0.585. The molecule has 0 saturated carbocycles. The number of nitrogens with one attached hydrogen (secondary N) is 2. The van der Waals surface area contributed by atoms with Crippen molar-refractivity contribution in [3.8, 4) is 0 Å². The summed E-state index contributed by atoms with van der Waals surface area (Å²) in [6, 6.07) is 0. The Morgan fingerprint density at radius 3 is 2.50 bits per heavy atom. The number of amidine groups is 2. The van der Waals surface area contributed by atoms with Gasteiger partial charge in [0.2, 0.25) is 0 Å². The Kier molecular flexibility index (Phi) is 3.45. The Morgan fingerprint density at radius 2 is 1.93 bits per heavy atom. The van der Waals surface area contributed by atoms with E-state index in [0.29, 0.717) is 12.4 Å². The molecule has 0 amide bonds. The summed E-state index contributed by atoms with van der Waals surface area (Å²) >= 11 is 0. The van der Waals surface area contributed by atoms with Gasteiger partial charge in [-0.05, 0) is 6.42 Å². The lowest BCUT2D eigenvalue weighted by Gasteiger charge is -2.05. The van der Waals surface area contributed by atoms with Crippen LogP contribution in [0.3, 0.4) is 0 Å². The van der Waals surface area contributed by atoms with Crippen LogP contribution in [0.15, 0.2) is 8.80 Å². The Morgan fingerprint density at radius 1 is 1.29 bits per heavy atom. The summed E-state index contributed by atoms with van der Waals surface area (Å²) in [6.45, 7) is 2.76. The van der Waals surface area contributed by atoms with Crippen LogP contribution in [0.5, 0.6) is 0 Å². The molecule has 0 aromatic carbocycles. The summed E-state index contributed by atoms with van der Waals surface area (Å²) < 4.78 is 28.8. The first-order valence-electron chi connectivity index (χ1n) is 4.46. The number of rotatable bonds is 3. The minimum absolute atomic E-state index is 0.279. The zero-order valence-corrected chi connectivity index (χ0v) is 9.06. The number of nitrogens with zero attached hydrogens (tertiary/aromatic N) is 2. The van der Waals surface area contributed by atoms with E-state index < -0.39 is 10.2 Å². The van der Waals surface area contributed by atoms with Crippen molar-refractivity contribution in [1.82, 2.24) is 10.6 Å². The fraction of sp³-hybridized carbons (Fsp3) is 0.714. The smallest absolute Gasteiger partial charge is 0.367 e. The van der Waals surface area contributed by atoms with Crippen molar-refractivity contribution in [2.75, 3.05) is 13.6 Å². The largest absolute Gasteiger partial charge is 0.369 e. The summed E-state index contributed by atoms with van der Waals surface area (Å²) in [7, 11) is -2.04. The number of hydrogen-bond donors (Lipinski definition) is 2. The molecule has 1 heterocycles. The van der Waals surface area contributed by atoms with Gasteiger partial charge in [-0.1, -0.05) is 13.3 Å². The van der Waals surface area contributed by atoms with Crippen LogP contribution in [0, 0.1) is 0 Å². The first-order valence-corrected chi connectivity index (χ1v) is 5.85. The molecule has 0 atom stereocenters. The molecule has 0 aromatic heterocycles. The molecule has 0 spiro atoms. The molecule has 1 rings (SSSR count). The van der Waals surface area contributed by atoms with Gasteiger partial charge in [-0.3, -0.25) is 0 Å². The van der Waals surface area contributed by atoms with Crippen molar-refractivity contribution in [1.29, 1.82) is 0 Å². The summed E-state index contributed by atoms with van der Waals surface area (Å²) in [5, 5.41) is 5.59. The summed E-state index contributed by atoms with van der Waals surface area (Å²) in [6.07, 6.45) is 2.01. The first kappa shape index (κ1) is 11.0. The van der Waals surface area contributed by atoms with Crippen LogP contribution in [0.4, 0.5) is 0 Å². The van der Waals surface area contributed by atoms with E-state index in [1.54, 1.807) is 7.05 Å². The SMILES string of the molecule is CCCCNC1=NS(=O)(=O)N=C1NC. The maximum Gasteiger partial charge on any atom is 0.367 e. The van der Waals surface area contributed by atoms with Crippen LogP contribution in [-0.4, -0.2) is 33.7 Å². The highest BCUT2D eigenvalue weighted by Crippen LogP contribution is 2.03. The summed E-state index contributed by atoms with van der Waals surface area (Å²) in [4.78, 5) is 0. The molecule has 0 fully saturated rings. The third-order valence-corrected chi connectivity index (χ3v) is 2.52.